The van der Waals surface area contributed by atoms with Crippen LogP contribution in [0.2, 0.25) is 5.15 Å². The van der Waals surface area contributed by atoms with Crippen LogP contribution >= 0.6 is 11.6 Å². The summed E-state index contributed by atoms with van der Waals surface area (Å²) in [5, 5.41) is 0.438. The lowest BCUT2D eigenvalue weighted by Gasteiger charge is -2.19. The largest absolute Gasteiger partial charge is 0.353 e. The Bertz CT molecular complexity index is 559. The molecule has 19 heavy (non-hydrogen) atoms. The Labute approximate surface area is 116 Å². The van der Waals surface area contributed by atoms with Crippen molar-refractivity contribution in [1.82, 2.24) is 15.0 Å². The van der Waals surface area contributed by atoms with Crippen LogP contribution in [0.3, 0.4) is 0 Å². The highest BCUT2D eigenvalue weighted by Gasteiger charge is 2.13. The van der Waals surface area contributed by atoms with Gasteiger partial charge in [0.25, 0.3) is 0 Å². The lowest BCUT2D eigenvalue weighted by molar-refractivity contribution is 0.587. The fourth-order valence-corrected chi connectivity index (χ4v) is 1.87. The summed E-state index contributed by atoms with van der Waals surface area (Å²) in [5.41, 5.74) is 1.36. The fourth-order valence-electron chi connectivity index (χ4n) is 1.76. The van der Waals surface area contributed by atoms with Gasteiger partial charge in [0, 0.05) is 19.8 Å². The molecule has 0 N–H and O–H groups in total. The third-order valence-corrected chi connectivity index (χ3v) is 2.97. The lowest BCUT2D eigenvalue weighted by Crippen LogP contribution is -2.20. The zero-order chi connectivity index (χ0) is 13.8. The Morgan fingerprint density at radius 3 is 2.68 bits per heavy atom. The maximum absolute atomic E-state index is 14.1. The molecule has 0 aliphatic carbocycles. The number of pyridine rings is 1. The molecule has 0 amide bonds. The molecule has 0 saturated heterocycles. The normalized spacial score (nSPS) is 10.5. The van der Waals surface area contributed by atoms with Crippen LogP contribution in [0.15, 0.2) is 24.7 Å². The van der Waals surface area contributed by atoms with Gasteiger partial charge >= 0.3 is 0 Å². The van der Waals surface area contributed by atoms with Gasteiger partial charge in [0.2, 0.25) is 0 Å². The molecule has 2 rings (SSSR count). The monoisotopic (exact) mass is 280 g/mol. The Kier molecular flexibility index (Phi) is 4.27. The first kappa shape index (κ1) is 13.7. The van der Waals surface area contributed by atoms with Crippen molar-refractivity contribution in [2.45, 2.75) is 19.9 Å². The van der Waals surface area contributed by atoms with Gasteiger partial charge in [0.15, 0.2) is 11.6 Å². The highest BCUT2D eigenvalue weighted by molar-refractivity contribution is 6.29. The van der Waals surface area contributed by atoms with Crippen LogP contribution in [0.1, 0.15) is 18.2 Å². The van der Waals surface area contributed by atoms with Crippen LogP contribution in [0, 0.1) is 5.82 Å². The fraction of sp³-hybridized carbons (Fsp3) is 0.308. The highest BCUT2D eigenvalue weighted by atomic mass is 35.5. The van der Waals surface area contributed by atoms with Crippen molar-refractivity contribution < 1.29 is 4.39 Å². The van der Waals surface area contributed by atoms with Crippen molar-refractivity contribution in [2.24, 2.45) is 0 Å². The molecule has 100 valence electrons. The molecule has 4 nitrogen and oxygen atoms in total. The number of halogens is 2. The summed E-state index contributed by atoms with van der Waals surface area (Å²) in [4.78, 5) is 13.6. The van der Waals surface area contributed by atoms with Gasteiger partial charge in [-0.3, -0.25) is 0 Å². The Morgan fingerprint density at radius 1 is 1.26 bits per heavy atom. The first-order valence-electron chi connectivity index (χ1n) is 5.92. The maximum Gasteiger partial charge on any atom is 0.187 e. The van der Waals surface area contributed by atoms with E-state index >= 15 is 0 Å². The van der Waals surface area contributed by atoms with Gasteiger partial charge in [-0.1, -0.05) is 24.6 Å². The van der Waals surface area contributed by atoms with E-state index in [1.165, 1.54) is 6.33 Å². The summed E-state index contributed by atoms with van der Waals surface area (Å²) in [7, 11) is 1.78. The van der Waals surface area contributed by atoms with E-state index in [1.54, 1.807) is 24.2 Å². The molecule has 0 unspecified atom stereocenters. The van der Waals surface area contributed by atoms with E-state index in [4.69, 9.17) is 11.6 Å². The topological polar surface area (TPSA) is 41.9 Å². The molecule has 2 heterocycles. The summed E-state index contributed by atoms with van der Waals surface area (Å²) in [6.45, 7) is 2.36. The van der Waals surface area contributed by atoms with Crippen LogP contribution in [0.5, 0.6) is 0 Å². The van der Waals surface area contributed by atoms with E-state index in [0.29, 0.717) is 29.6 Å². The van der Waals surface area contributed by atoms with Crippen LogP contribution in [0.25, 0.3) is 0 Å². The third-order valence-electron chi connectivity index (χ3n) is 2.75. The molecule has 0 aromatic carbocycles. The number of hydrogen-bond acceptors (Lipinski definition) is 4. The van der Waals surface area contributed by atoms with Crippen molar-refractivity contribution >= 4 is 17.4 Å². The summed E-state index contributed by atoms with van der Waals surface area (Å²) >= 11 is 5.72. The van der Waals surface area contributed by atoms with Crippen molar-refractivity contribution in [1.29, 1.82) is 0 Å². The minimum absolute atomic E-state index is 0.293. The van der Waals surface area contributed by atoms with Crippen LogP contribution in [0.4, 0.5) is 10.2 Å². The molecule has 6 heteroatoms. The number of hydrogen-bond donors (Lipinski definition) is 0. The van der Waals surface area contributed by atoms with Gasteiger partial charge in [-0.2, -0.15) is 0 Å². The minimum atomic E-state index is -0.366. The van der Waals surface area contributed by atoms with Crippen LogP contribution in [-0.2, 0) is 13.0 Å². The predicted octanol–water partition coefficient (Wildman–Crippen LogP) is 2.86. The lowest BCUT2D eigenvalue weighted by atomic mass is 10.2. The number of anilines is 1. The van der Waals surface area contributed by atoms with Crippen molar-refractivity contribution in [3.63, 3.8) is 0 Å². The quantitative estimate of drug-likeness (QED) is 0.808. The van der Waals surface area contributed by atoms with Gasteiger partial charge in [0.05, 0.1) is 5.69 Å². The molecule has 0 radical (unpaired) electrons. The van der Waals surface area contributed by atoms with Crippen molar-refractivity contribution in [3.8, 4) is 0 Å². The number of rotatable bonds is 4. The molecule has 2 aromatic rings. The molecule has 0 aliphatic rings. The van der Waals surface area contributed by atoms with E-state index < -0.39 is 0 Å². The summed E-state index contributed by atoms with van der Waals surface area (Å²) in [5.74, 6) is -0.0729. The Morgan fingerprint density at radius 2 is 2.05 bits per heavy atom. The summed E-state index contributed by atoms with van der Waals surface area (Å²) in [6.07, 6.45) is 3.59. The maximum atomic E-state index is 14.1. The van der Waals surface area contributed by atoms with Gasteiger partial charge in [0.1, 0.15) is 11.5 Å². The van der Waals surface area contributed by atoms with E-state index in [0.717, 1.165) is 5.56 Å². The van der Waals surface area contributed by atoms with Crippen LogP contribution < -0.4 is 4.90 Å². The number of aryl methyl sites for hydroxylation is 1. The highest BCUT2D eigenvalue weighted by Crippen LogP contribution is 2.19. The molecule has 0 bridgehead atoms. The molecule has 0 fully saturated rings. The SMILES string of the molecule is CCc1ncnc(N(C)Cc2ccc(Cl)nc2)c1F. The second kappa shape index (κ2) is 5.93. The van der Waals surface area contributed by atoms with E-state index in [-0.39, 0.29) is 5.82 Å². The number of aromatic nitrogens is 3. The predicted molar refractivity (Wildman–Crippen MR) is 72.7 cm³/mol. The van der Waals surface area contributed by atoms with E-state index in [9.17, 15) is 4.39 Å². The summed E-state index contributed by atoms with van der Waals surface area (Å²) in [6, 6.07) is 3.56. The molecule has 0 aliphatic heterocycles. The second-order valence-electron chi connectivity index (χ2n) is 4.16. The zero-order valence-electron chi connectivity index (χ0n) is 10.8. The molecular weight excluding hydrogens is 267 g/mol. The molecular formula is C13H14ClFN4. The Hall–Kier alpha value is -1.75. The third kappa shape index (κ3) is 3.17. The van der Waals surface area contributed by atoms with Gasteiger partial charge in [-0.15, -0.1) is 0 Å². The van der Waals surface area contributed by atoms with E-state index in [1.807, 2.05) is 13.0 Å². The Balaban J connectivity index is 2.20. The number of nitrogens with zero attached hydrogens (tertiary/aromatic N) is 4. The molecule has 0 saturated carbocycles. The van der Waals surface area contributed by atoms with Crippen LogP contribution in [-0.4, -0.2) is 22.0 Å². The minimum Gasteiger partial charge on any atom is -0.353 e. The van der Waals surface area contributed by atoms with Gasteiger partial charge in [-0.25, -0.2) is 19.3 Å². The van der Waals surface area contributed by atoms with Crippen molar-refractivity contribution in [2.75, 3.05) is 11.9 Å². The second-order valence-corrected chi connectivity index (χ2v) is 4.54. The van der Waals surface area contributed by atoms with Gasteiger partial charge < -0.3 is 4.90 Å². The zero-order valence-corrected chi connectivity index (χ0v) is 11.5. The summed E-state index contributed by atoms with van der Waals surface area (Å²) < 4.78 is 14.1. The first-order valence-corrected chi connectivity index (χ1v) is 6.30. The van der Waals surface area contributed by atoms with Gasteiger partial charge in [-0.05, 0) is 18.1 Å². The smallest absolute Gasteiger partial charge is 0.187 e. The standard InChI is InChI=1S/C13H14ClFN4/c1-3-10-12(15)13(18-8-17-10)19(2)7-9-4-5-11(14)16-6-9/h4-6,8H,3,7H2,1-2H3. The average Bonchev–Trinajstić information content (AvgIpc) is 2.41. The molecule has 0 spiro atoms. The van der Waals surface area contributed by atoms with E-state index in [2.05, 4.69) is 15.0 Å². The molecule has 0 atom stereocenters. The molecule has 2 aromatic heterocycles. The van der Waals surface area contributed by atoms with Crippen molar-refractivity contribution in [3.05, 3.63) is 46.9 Å². The average molecular weight is 281 g/mol. The first-order chi connectivity index (χ1) is 9.11.